The summed E-state index contributed by atoms with van der Waals surface area (Å²) in [6.45, 7) is 3.70. The van der Waals surface area contributed by atoms with E-state index >= 15 is 0 Å². The number of hydrogen-bond donors (Lipinski definition) is 1. The summed E-state index contributed by atoms with van der Waals surface area (Å²) >= 11 is 2.28. The van der Waals surface area contributed by atoms with E-state index in [0.717, 1.165) is 37.3 Å². The van der Waals surface area contributed by atoms with Crippen LogP contribution < -0.4 is 5.73 Å². The number of carbonyl (C=O) groups is 1. The van der Waals surface area contributed by atoms with E-state index in [1.54, 1.807) is 11.4 Å². The minimum absolute atomic E-state index is 0.0407. The number of nitrogen functional groups attached to an aromatic ring is 1. The molecule has 2 aromatic heterocycles. The fourth-order valence-corrected chi connectivity index (χ4v) is 5.91. The third-order valence-electron chi connectivity index (χ3n) is 4.14. The van der Waals surface area contributed by atoms with Gasteiger partial charge >= 0.3 is 0 Å². The number of aromatic nitrogens is 2. The number of hydrogen-bond acceptors (Lipinski definition) is 8. The van der Waals surface area contributed by atoms with Crippen LogP contribution in [0.25, 0.3) is 0 Å². The van der Waals surface area contributed by atoms with Crippen LogP contribution in [0, 0.1) is 5.92 Å². The van der Waals surface area contributed by atoms with Crippen molar-refractivity contribution in [1.29, 1.82) is 0 Å². The van der Waals surface area contributed by atoms with Gasteiger partial charge in [-0.2, -0.15) is 0 Å². The molecule has 1 saturated heterocycles. The molecule has 1 unspecified atom stereocenters. The maximum atomic E-state index is 12.5. The quantitative estimate of drug-likeness (QED) is 0.593. The number of thioether (sulfide) groups is 1. The van der Waals surface area contributed by atoms with E-state index in [1.807, 2.05) is 4.90 Å². The fraction of sp³-hybridized carbons (Fsp3) is 0.438. The van der Waals surface area contributed by atoms with Crippen LogP contribution in [0.1, 0.15) is 19.8 Å². The smallest absolute Gasteiger partial charge is 0.233 e. The number of anilines is 1. The summed E-state index contributed by atoms with van der Waals surface area (Å²) in [5, 5.41) is 1.98. The number of carbonyl (C=O) groups excluding carboxylic acids is 1. The van der Waals surface area contributed by atoms with Gasteiger partial charge in [0.1, 0.15) is 14.9 Å². The van der Waals surface area contributed by atoms with Gasteiger partial charge in [-0.05, 0) is 30.2 Å². The first-order valence-electron chi connectivity index (χ1n) is 8.19. The Labute approximate surface area is 160 Å². The second kappa shape index (κ2) is 7.93. The number of sulfone groups is 1. The molecule has 26 heavy (non-hydrogen) atoms. The summed E-state index contributed by atoms with van der Waals surface area (Å²) in [6, 6.07) is 3.17. The highest BCUT2D eigenvalue weighted by molar-refractivity contribution is 7.99. The number of rotatable bonds is 5. The van der Waals surface area contributed by atoms with Crippen LogP contribution in [0.5, 0.6) is 0 Å². The second-order valence-corrected chi connectivity index (χ2v) is 10.2. The molecule has 1 fully saturated rings. The molecule has 3 rings (SSSR count). The SMILES string of the molecule is CC1CCCN(C(=O)CSc2ncc(S(=O)(=O)c3cccs3)c(N)n2)C1. The minimum atomic E-state index is -3.71. The van der Waals surface area contributed by atoms with Crippen LogP contribution in [0.2, 0.25) is 0 Å². The number of nitrogens with two attached hydrogens (primary N) is 1. The molecular formula is C16H20N4O3S3. The number of amides is 1. The highest BCUT2D eigenvalue weighted by Gasteiger charge is 2.24. The third kappa shape index (κ3) is 4.18. The van der Waals surface area contributed by atoms with E-state index in [-0.39, 0.29) is 26.6 Å². The lowest BCUT2D eigenvalue weighted by Gasteiger charge is -2.30. The first-order chi connectivity index (χ1) is 12.4. The summed E-state index contributed by atoms with van der Waals surface area (Å²) < 4.78 is 25.2. The van der Waals surface area contributed by atoms with Crippen LogP contribution in [0.4, 0.5) is 5.82 Å². The molecule has 0 radical (unpaired) electrons. The summed E-state index contributed by atoms with van der Waals surface area (Å²) in [7, 11) is -3.71. The van der Waals surface area contributed by atoms with E-state index in [2.05, 4.69) is 16.9 Å². The predicted octanol–water partition coefficient (Wildman–Crippen LogP) is 2.30. The zero-order chi connectivity index (χ0) is 18.7. The lowest BCUT2D eigenvalue weighted by Crippen LogP contribution is -2.40. The van der Waals surface area contributed by atoms with Crippen molar-refractivity contribution in [2.75, 3.05) is 24.6 Å². The minimum Gasteiger partial charge on any atom is -0.382 e. The second-order valence-electron chi connectivity index (χ2n) is 6.21. The largest absolute Gasteiger partial charge is 0.382 e. The monoisotopic (exact) mass is 412 g/mol. The van der Waals surface area contributed by atoms with Crippen molar-refractivity contribution >= 4 is 44.7 Å². The number of nitrogens with zero attached hydrogens (tertiary/aromatic N) is 3. The molecule has 140 valence electrons. The molecule has 1 amide bonds. The Kier molecular flexibility index (Phi) is 5.83. The molecule has 2 aromatic rings. The topological polar surface area (TPSA) is 106 Å². The van der Waals surface area contributed by atoms with E-state index in [4.69, 9.17) is 5.73 Å². The Morgan fingerprint density at radius 1 is 1.50 bits per heavy atom. The molecule has 1 aliphatic rings. The first kappa shape index (κ1) is 19.1. The summed E-state index contributed by atoms with van der Waals surface area (Å²) in [5.41, 5.74) is 5.85. The van der Waals surface area contributed by atoms with E-state index in [9.17, 15) is 13.2 Å². The van der Waals surface area contributed by atoms with E-state index in [0.29, 0.717) is 11.1 Å². The molecule has 1 aliphatic heterocycles. The number of likely N-dealkylation sites (tertiary alicyclic amines) is 1. The van der Waals surface area contributed by atoms with Crippen molar-refractivity contribution in [2.45, 2.75) is 34.0 Å². The average molecular weight is 413 g/mol. The summed E-state index contributed by atoms with van der Waals surface area (Å²) in [4.78, 5) is 22.2. The van der Waals surface area contributed by atoms with Gasteiger partial charge in [0.2, 0.25) is 15.7 Å². The van der Waals surface area contributed by atoms with Crippen molar-refractivity contribution in [3.8, 4) is 0 Å². The van der Waals surface area contributed by atoms with Gasteiger partial charge in [0.25, 0.3) is 0 Å². The molecule has 2 N–H and O–H groups in total. The lowest BCUT2D eigenvalue weighted by atomic mass is 10.0. The molecule has 0 saturated carbocycles. The molecule has 10 heteroatoms. The average Bonchev–Trinajstić information content (AvgIpc) is 3.15. The summed E-state index contributed by atoms with van der Waals surface area (Å²) in [6.07, 6.45) is 3.39. The lowest BCUT2D eigenvalue weighted by molar-refractivity contribution is -0.130. The van der Waals surface area contributed by atoms with Crippen LogP contribution in [-0.4, -0.2) is 48.0 Å². The van der Waals surface area contributed by atoms with Crippen LogP contribution in [-0.2, 0) is 14.6 Å². The molecule has 0 spiro atoms. The Balaban J connectivity index is 1.67. The van der Waals surface area contributed by atoms with Gasteiger partial charge in [-0.1, -0.05) is 24.8 Å². The van der Waals surface area contributed by atoms with Crippen molar-refractivity contribution < 1.29 is 13.2 Å². The van der Waals surface area contributed by atoms with Crippen molar-refractivity contribution in [3.63, 3.8) is 0 Å². The molecule has 0 aliphatic carbocycles. The molecular weight excluding hydrogens is 392 g/mol. The fourth-order valence-electron chi connectivity index (χ4n) is 2.80. The Morgan fingerprint density at radius 2 is 2.31 bits per heavy atom. The number of piperidine rings is 1. The molecule has 0 bridgehead atoms. The standard InChI is InChI=1S/C16H20N4O3S3/c1-11-4-2-6-20(9-11)13(21)10-25-16-18-8-12(15(17)19-16)26(22,23)14-5-3-7-24-14/h3,5,7-8,11H,2,4,6,9-10H2,1H3,(H2,17,18,19). The number of thiophene rings is 1. The van der Waals surface area contributed by atoms with Crippen molar-refractivity contribution in [3.05, 3.63) is 23.7 Å². The normalized spacial score (nSPS) is 18.0. The van der Waals surface area contributed by atoms with Gasteiger partial charge in [0.05, 0.1) is 11.9 Å². The Bertz CT molecular complexity index is 884. The van der Waals surface area contributed by atoms with Gasteiger partial charge in [-0.25, -0.2) is 18.4 Å². The van der Waals surface area contributed by atoms with Crippen molar-refractivity contribution in [1.82, 2.24) is 14.9 Å². The summed E-state index contributed by atoms with van der Waals surface area (Å²) in [5.74, 6) is 0.670. The van der Waals surface area contributed by atoms with E-state index in [1.165, 1.54) is 24.0 Å². The molecule has 3 heterocycles. The van der Waals surface area contributed by atoms with Crippen molar-refractivity contribution in [2.24, 2.45) is 5.92 Å². The molecule has 0 aromatic carbocycles. The third-order valence-corrected chi connectivity index (χ3v) is 8.16. The zero-order valence-electron chi connectivity index (χ0n) is 14.3. The highest BCUT2D eigenvalue weighted by atomic mass is 32.2. The zero-order valence-corrected chi connectivity index (χ0v) is 16.7. The maximum absolute atomic E-state index is 12.5. The van der Waals surface area contributed by atoms with Crippen LogP contribution in [0.3, 0.4) is 0 Å². The van der Waals surface area contributed by atoms with Gasteiger partial charge in [-0.15, -0.1) is 11.3 Å². The van der Waals surface area contributed by atoms with Gasteiger partial charge in [0.15, 0.2) is 5.16 Å². The predicted molar refractivity (Wildman–Crippen MR) is 102 cm³/mol. The Hall–Kier alpha value is -1.65. The van der Waals surface area contributed by atoms with E-state index < -0.39 is 9.84 Å². The van der Waals surface area contributed by atoms with Gasteiger partial charge in [-0.3, -0.25) is 4.79 Å². The van der Waals surface area contributed by atoms with Gasteiger partial charge in [0, 0.05) is 13.1 Å². The molecule has 7 nitrogen and oxygen atoms in total. The Morgan fingerprint density at radius 3 is 2.96 bits per heavy atom. The van der Waals surface area contributed by atoms with Gasteiger partial charge < -0.3 is 10.6 Å². The highest BCUT2D eigenvalue weighted by Crippen LogP contribution is 2.28. The first-order valence-corrected chi connectivity index (χ1v) is 11.5. The van der Waals surface area contributed by atoms with Crippen LogP contribution in [0.15, 0.2) is 38.0 Å². The van der Waals surface area contributed by atoms with Crippen LogP contribution >= 0.6 is 23.1 Å². The molecule has 1 atom stereocenters. The maximum Gasteiger partial charge on any atom is 0.233 e.